The van der Waals surface area contributed by atoms with Gasteiger partial charge in [0.1, 0.15) is 5.82 Å². The van der Waals surface area contributed by atoms with E-state index in [4.69, 9.17) is 5.84 Å². The van der Waals surface area contributed by atoms with Crippen molar-refractivity contribution in [2.45, 2.75) is 43.8 Å². The number of nitrogens with two attached hydrogens (primary N) is 1. The number of rotatable bonds is 5. The molecule has 0 saturated heterocycles. The van der Waals surface area contributed by atoms with Crippen LogP contribution in [0.4, 0.5) is 4.39 Å². The Morgan fingerprint density at radius 3 is 2.88 bits per heavy atom. The van der Waals surface area contributed by atoms with E-state index in [1.165, 1.54) is 28.9 Å². The molecule has 2 atom stereocenters. The Kier molecular flexibility index (Phi) is 5.57. The number of benzene rings is 1. The van der Waals surface area contributed by atoms with Crippen LogP contribution in [0.25, 0.3) is 11.4 Å². The molecule has 1 aliphatic rings. The number of nitrogens with zero attached hydrogens (tertiary/aromatic N) is 3. The van der Waals surface area contributed by atoms with E-state index < -0.39 is 5.82 Å². The van der Waals surface area contributed by atoms with Gasteiger partial charge in [-0.2, -0.15) is 0 Å². The zero-order chi connectivity index (χ0) is 17.8. The van der Waals surface area contributed by atoms with Crippen molar-refractivity contribution in [2.75, 3.05) is 11.6 Å². The van der Waals surface area contributed by atoms with Crippen LogP contribution in [-0.2, 0) is 4.79 Å². The van der Waals surface area contributed by atoms with Crippen molar-refractivity contribution in [3.05, 3.63) is 30.1 Å². The van der Waals surface area contributed by atoms with Gasteiger partial charge in [0.05, 0.1) is 11.3 Å². The molecule has 0 radical (unpaired) electrons. The summed E-state index contributed by atoms with van der Waals surface area (Å²) in [6, 6.07) is 6.48. The lowest BCUT2D eigenvalue weighted by molar-refractivity contribution is -0.119. The van der Waals surface area contributed by atoms with Gasteiger partial charge in [0.15, 0.2) is 5.82 Å². The van der Waals surface area contributed by atoms with Crippen molar-refractivity contribution in [1.82, 2.24) is 20.2 Å². The number of halogens is 1. The van der Waals surface area contributed by atoms with Crippen LogP contribution < -0.4 is 11.2 Å². The second kappa shape index (κ2) is 7.86. The predicted molar refractivity (Wildman–Crippen MR) is 95.9 cm³/mol. The van der Waals surface area contributed by atoms with Gasteiger partial charge >= 0.3 is 0 Å². The monoisotopic (exact) mass is 363 g/mol. The zero-order valence-electron chi connectivity index (χ0n) is 14.1. The number of carbonyl (C=O) groups is 1. The van der Waals surface area contributed by atoms with Crippen LogP contribution in [0.3, 0.4) is 0 Å². The standard InChI is InChI=1S/C17H22FN5OS/c1-11-6-2-5-9-14(11)20-15(24)10-25-17-22-21-16(23(17)19)12-7-3-4-8-13(12)18/h3-4,7-8,11,14H,2,5-6,9-10,19H2,1H3,(H,20,24)/t11-,14-/m1/s1. The predicted octanol–water partition coefficient (Wildman–Crippen LogP) is 2.58. The molecule has 2 aromatic rings. The molecule has 1 amide bonds. The normalized spacial score (nSPS) is 20.4. The third kappa shape index (κ3) is 4.12. The van der Waals surface area contributed by atoms with Crippen LogP contribution in [0.15, 0.2) is 29.4 Å². The van der Waals surface area contributed by atoms with E-state index in [-0.39, 0.29) is 29.1 Å². The van der Waals surface area contributed by atoms with Gasteiger partial charge in [-0.15, -0.1) is 10.2 Å². The number of hydrogen-bond acceptors (Lipinski definition) is 5. The zero-order valence-corrected chi connectivity index (χ0v) is 14.9. The Bertz CT molecular complexity index is 750. The summed E-state index contributed by atoms with van der Waals surface area (Å²) in [7, 11) is 0. The van der Waals surface area contributed by atoms with Gasteiger partial charge in [0.2, 0.25) is 11.1 Å². The summed E-state index contributed by atoms with van der Waals surface area (Å²) in [5.74, 6) is 6.46. The molecule has 0 bridgehead atoms. The fourth-order valence-electron chi connectivity index (χ4n) is 3.11. The summed E-state index contributed by atoms with van der Waals surface area (Å²) in [4.78, 5) is 12.2. The second-order valence-corrected chi connectivity index (χ2v) is 7.32. The minimum atomic E-state index is -0.415. The lowest BCUT2D eigenvalue weighted by Crippen LogP contribution is -2.41. The van der Waals surface area contributed by atoms with Crippen LogP contribution in [0.5, 0.6) is 0 Å². The highest BCUT2D eigenvalue weighted by molar-refractivity contribution is 7.99. The second-order valence-electron chi connectivity index (χ2n) is 6.38. The van der Waals surface area contributed by atoms with Gasteiger partial charge in [-0.1, -0.05) is 43.7 Å². The number of nitrogens with one attached hydrogen (secondary N) is 1. The van der Waals surface area contributed by atoms with Crippen LogP contribution in [0, 0.1) is 11.7 Å². The topological polar surface area (TPSA) is 85.8 Å². The van der Waals surface area contributed by atoms with Gasteiger partial charge in [0.25, 0.3) is 0 Å². The van der Waals surface area contributed by atoms with Crippen molar-refractivity contribution in [2.24, 2.45) is 5.92 Å². The molecule has 1 heterocycles. The van der Waals surface area contributed by atoms with Crippen LogP contribution in [0.1, 0.15) is 32.6 Å². The lowest BCUT2D eigenvalue weighted by Gasteiger charge is -2.29. The molecular weight excluding hydrogens is 341 g/mol. The number of carbonyl (C=O) groups excluding carboxylic acids is 1. The van der Waals surface area contributed by atoms with Crippen molar-refractivity contribution in [3.8, 4) is 11.4 Å². The van der Waals surface area contributed by atoms with Crippen LogP contribution in [0.2, 0.25) is 0 Å². The van der Waals surface area contributed by atoms with Crippen molar-refractivity contribution in [1.29, 1.82) is 0 Å². The summed E-state index contributed by atoms with van der Waals surface area (Å²) >= 11 is 1.20. The smallest absolute Gasteiger partial charge is 0.230 e. The Morgan fingerprint density at radius 1 is 1.36 bits per heavy atom. The van der Waals surface area contributed by atoms with E-state index in [0.717, 1.165) is 19.3 Å². The lowest BCUT2D eigenvalue weighted by atomic mass is 9.86. The number of amides is 1. The minimum Gasteiger partial charge on any atom is -0.352 e. The van der Waals surface area contributed by atoms with Crippen molar-refractivity contribution >= 4 is 17.7 Å². The van der Waals surface area contributed by atoms with Crippen molar-refractivity contribution < 1.29 is 9.18 Å². The number of aromatic nitrogens is 3. The molecule has 1 fully saturated rings. The molecule has 0 aliphatic heterocycles. The SMILES string of the molecule is C[C@@H]1CCCC[C@H]1NC(=O)CSc1nnc(-c2ccccc2F)n1N. The van der Waals surface area contributed by atoms with E-state index in [1.807, 2.05) is 0 Å². The van der Waals surface area contributed by atoms with Gasteiger partial charge < -0.3 is 11.2 Å². The minimum absolute atomic E-state index is 0.0424. The molecule has 134 valence electrons. The molecule has 0 spiro atoms. The van der Waals surface area contributed by atoms with E-state index >= 15 is 0 Å². The van der Waals surface area contributed by atoms with Gasteiger partial charge in [-0.3, -0.25) is 4.79 Å². The summed E-state index contributed by atoms with van der Waals surface area (Å²) in [5.41, 5.74) is 0.282. The fraction of sp³-hybridized carbons (Fsp3) is 0.471. The first-order valence-electron chi connectivity index (χ1n) is 8.44. The Morgan fingerprint density at radius 2 is 2.12 bits per heavy atom. The molecule has 1 aliphatic carbocycles. The largest absolute Gasteiger partial charge is 0.352 e. The molecule has 25 heavy (non-hydrogen) atoms. The molecule has 0 unspecified atom stereocenters. The highest BCUT2D eigenvalue weighted by Crippen LogP contribution is 2.25. The molecule has 1 aromatic heterocycles. The third-order valence-electron chi connectivity index (χ3n) is 4.57. The first-order chi connectivity index (χ1) is 12.1. The summed E-state index contributed by atoms with van der Waals surface area (Å²) in [6.45, 7) is 2.18. The molecule has 1 aromatic carbocycles. The first kappa shape index (κ1) is 17.7. The average molecular weight is 363 g/mol. The highest BCUT2D eigenvalue weighted by atomic mass is 32.2. The number of hydrogen-bond donors (Lipinski definition) is 2. The molecule has 6 nitrogen and oxygen atoms in total. The Balaban J connectivity index is 1.60. The molecular formula is C17H22FN5OS. The van der Waals surface area contributed by atoms with E-state index in [2.05, 4.69) is 22.4 Å². The van der Waals surface area contributed by atoms with Crippen LogP contribution >= 0.6 is 11.8 Å². The molecule has 3 rings (SSSR count). The molecule has 3 N–H and O–H groups in total. The number of nitrogen functional groups attached to an aromatic ring is 1. The van der Waals surface area contributed by atoms with E-state index in [1.54, 1.807) is 18.2 Å². The van der Waals surface area contributed by atoms with E-state index in [9.17, 15) is 9.18 Å². The summed E-state index contributed by atoms with van der Waals surface area (Å²) in [5, 5.41) is 11.4. The van der Waals surface area contributed by atoms with Gasteiger partial charge in [-0.25, -0.2) is 9.07 Å². The fourth-order valence-corrected chi connectivity index (χ4v) is 3.78. The maximum absolute atomic E-state index is 13.9. The first-order valence-corrected chi connectivity index (χ1v) is 9.42. The van der Waals surface area contributed by atoms with E-state index in [0.29, 0.717) is 11.1 Å². The van der Waals surface area contributed by atoms with Crippen molar-refractivity contribution in [3.63, 3.8) is 0 Å². The maximum atomic E-state index is 13.9. The quantitative estimate of drug-likeness (QED) is 0.630. The van der Waals surface area contributed by atoms with Gasteiger partial charge in [0, 0.05) is 6.04 Å². The number of thioether (sulfide) groups is 1. The van der Waals surface area contributed by atoms with Crippen LogP contribution in [-0.4, -0.2) is 32.6 Å². The molecule has 8 heteroatoms. The third-order valence-corrected chi connectivity index (χ3v) is 5.51. The molecule has 1 saturated carbocycles. The average Bonchev–Trinajstić information content (AvgIpc) is 2.96. The van der Waals surface area contributed by atoms with Gasteiger partial charge in [-0.05, 0) is 30.9 Å². The Hall–Kier alpha value is -2.09. The summed E-state index contributed by atoms with van der Waals surface area (Å²) in [6.07, 6.45) is 4.58. The maximum Gasteiger partial charge on any atom is 0.230 e. The summed E-state index contributed by atoms with van der Waals surface area (Å²) < 4.78 is 15.1. The Labute approximate surface area is 150 Å². The highest BCUT2D eigenvalue weighted by Gasteiger charge is 2.23.